The zero-order valence-electron chi connectivity index (χ0n) is 22.3. The Kier molecular flexibility index (Phi) is 7.52. The van der Waals surface area contributed by atoms with E-state index in [0.29, 0.717) is 36.8 Å². The number of aromatic carboxylic acids is 1. The molecule has 2 aliphatic heterocycles. The van der Waals surface area contributed by atoms with Crippen LogP contribution in [-0.4, -0.2) is 81.1 Å². The van der Waals surface area contributed by atoms with Crippen LogP contribution in [0, 0.1) is 11.7 Å². The fourth-order valence-electron chi connectivity index (χ4n) is 5.27. The largest absolute Gasteiger partial charge is 0.477 e. The Morgan fingerprint density at radius 3 is 2.64 bits per heavy atom. The lowest BCUT2D eigenvalue weighted by Crippen LogP contribution is -2.51. The Morgan fingerprint density at radius 2 is 1.93 bits per heavy atom. The number of carbonyl (C=O) groups excluding carboxylic acids is 2. The lowest BCUT2D eigenvalue weighted by atomic mass is 9.91. The number of hydrogen-bond acceptors (Lipinski definition) is 9. The number of ether oxygens (including phenoxy) is 1. The van der Waals surface area contributed by atoms with Gasteiger partial charge in [0.15, 0.2) is 22.4 Å². The first-order valence-electron chi connectivity index (χ1n) is 13.4. The lowest BCUT2D eigenvalue weighted by molar-refractivity contribution is -0.124. The van der Waals surface area contributed by atoms with Gasteiger partial charge < -0.3 is 19.6 Å². The van der Waals surface area contributed by atoms with Crippen molar-refractivity contribution in [1.82, 2.24) is 19.4 Å². The molecule has 4 aromatic rings. The van der Waals surface area contributed by atoms with E-state index in [1.54, 1.807) is 27.3 Å². The topological polar surface area (TPSA) is 135 Å². The fraction of sp³-hybridized carbons (Fsp3) is 0.310. The molecule has 2 fully saturated rings. The molecule has 1 unspecified atom stereocenters. The molecule has 1 atom stereocenters. The van der Waals surface area contributed by atoms with E-state index in [1.165, 1.54) is 22.1 Å². The van der Waals surface area contributed by atoms with Crippen LogP contribution in [0.15, 0.2) is 59.0 Å². The highest BCUT2D eigenvalue weighted by atomic mass is 32.1. The number of amides is 1. The maximum atomic E-state index is 15.2. The standard InChI is InChI=1S/C29H26FN5O6S/c30-22-12-20-24(37)21(28(39)40)16-35(29-31-8-11-42-29)25(20)32-26(22)34-13-18(14-34)23(36)7-6-19-15-33(9-10-41-19)27(38)17-4-2-1-3-5-17/h1-5,8,11-12,16,18-19H,6-7,9-10,13-15H2,(H,39,40). The molecule has 2 aliphatic rings. The summed E-state index contributed by atoms with van der Waals surface area (Å²) in [5.41, 5.74) is -0.663. The number of benzene rings is 1. The number of carboxylic acids is 1. The van der Waals surface area contributed by atoms with Crippen LogP contribution in [0.25, 0.3) is 16.2 Å². The summed E-state index contributed by atoms with van der Waals surface area (Å²) in [7, 11) is 0. The molecular weight excluding hydrogens is 565 g/mol. The Bertz CT molecular complexity index is 1720. The van der Waals surface area contributed by atoms with E-state index in [0.717, 1.165) is 12.3 Å². The molecule has 5 heterocycles. The molecule has 0 saturated carbocycles. The van der Waals surface area contributed by atoms with Gasteiger partial charge in [0.25, 0.3) is 5.91 Å². The van der Waals surface area contributed by atoms with Crippen molar-refractivity contribution in [3.63, 3.8) is 0 Å². The molecule has 42 heavy (non-hydrogen) atoms. The third kappa shape index (κ3) is 5.28. The first-order valence-corrected chi connectivity index (χ1v) is 14.3. The summed E-state index contributed by atoms with van der Waals surface area (Å²) in [6.45, 7) is 1.82. The average Bonchev–Trinajstić information content (AvgIpc) is 3.51. The summed E-state index contributed by atoms with van der Waals surface area (Å²) in [5.74, 6) is -2.59. The molecule has 1 N–H and O–H groups in total. The van der Waals surface area contributed by atoms with Gasteiger partial charge in [0.05, 0.1) is 24.0 Å². The highest BCUT2D eigenvalue weighted by molar-refractivity contribution is 7.12. The maximum Gasteiger partial charge on any atom is 0.341 e. The monoisotopic (exact) mass is 591 g/mol. The summed E-state index contributed by atoms with van der Waals surface area (Å²) < 4.78 is 22.4. The van der Waals surface area contributed by atoms with Crippen molar-refractivity contribution < 1.29 is 28.6 Å². The minimum atomic E-state index is -1.44. The van der Waals surface area contributed by atoms with Crippen LogP contribution in [-0.2, 0) is 9.53 Å². The van der Waals surface area contributed by atoms with Crippen LogP contribution in [0.2, 0.25) is 0 Å². The van der Waals surface area contributed by atoms with Gasteiger partial charge in [-0.25, -0.2) is 19.2 Å². The number of hydrogen-bond donors (Lipinski definition) is 1. The van der Waals surface area contributed by atoms with E-state index in [4.69, 9.17) is 4.74 Å². The van der Waals surface area contributed by atoms with Crippen LogP contribution >= 0.6 is 11.3 Å². The Balaban J connectivity index is 1.12. The lowest BCUT2D eigenvalue weighted by Gasteiger charge is -2.39. The van der Waals surface area contributed by atoms with E-state index in [-0.39, 0.29) is 60.1 Å². The number of rotatable bonds is 8. The molecular formula is C29H26FN5O6S. The second-order valence-corrected chi connectivity index (χ2v) is 11.1. The van der Waals surface area contributed by atoms with Crippen molar-refractivity contribution in [2.75, 3.05) is 37.7 Å². The number of morpholine rings is 1. The van der Waals surface area contributed by atoms with Crippen molar-refractivity contribution >= 4 is 45.8 Å². The van der Waals surface area contributed by atoms with Crippen LogP contribution < -0.4 is 10.3 Å². The first-order chi connectivity index (χ1) is 20.3. The van der Waals surface area contributed by atoms with Crippen LogP contribution in [0.1, 0.15) is 33.6 Å². The second-order valence-electron chi connectivity index (χ2n) is 10.2. The number of carboxylic acid groups (broad SMARTS) is 1. The molecule has 6 rings (SSSR count). The van der Waals surface area contributed by atoms with E-state index < -0.39 is 22.8 Å². The molecule has 13 heteroatoms. The smallest absolute Gasteiger partial charge is 0.341 e. The number of ketones is 1. The molecule has 0 radical (unpaired) electrons. The Labute approximate surface area is 242 Å². The van der Waals surface area contributed by atoms with E-state index in [2.05, 4.69) is 9.97 Å². The number of pyridine rings is 2. The van der Waals surface area contributed by atoms with Gasteiger partial charge in [-0.3, -0.25) is 19.0 Å². The number of aromatic nitrogens is 3. The van der Waals surface area contributed by atoms with Crippen molar-refractivity contribution in [3.05, 3.63) is 81.3 Å². The first kappa shape index (κ1) is 27.7. The van der Waals surface area contributed by atoms with Gasteiger partial charge in [-0.1, -0.05) is 18.2 Å². The third-order valence-corrected chi connectivity index (χ3v) is 8.34. The molecule has 0 bridgehead atoms. The zero-order valence-corrected chi connectivity index (χ0v) is 23.1. The molecule has 1 aromatic carbocycles. The molecule has 11 nitrogen and oxygen atoms in total. The summed E-state index contributed by atoms with van der Waals surface area (Å²) >= 11 is 1.21. The van der Waals surface area contributed by atoms with Gasteiger partial charge in [0.2, 0.25) is 5.43 Å². The van der Waals surface area contributed by atoms with Gasteiger partial charge in [0.1, 0.15) is 11.3 Å². The van der Waals surface area contributed by atoms with Gasteiger partial charge >= 0.3 is 5.97 Å². The molecule has 216 valence electrons. The number of Topliss-reactive ketones (excluding diaryl/α,β-unsaturated/α-hetero) is 1. The summed E-state index contributed by atoms with van der Waals surface area (Å²) in [5, 5.41) is 11.4. The zero-order chi connectivity index (χ0) is 29.4. The number of fused-ring (bicyclic) bond motifs is 1. The summed E-state index contributed by atoms with van der Waals surface area (Å²) in [6.07, 6.45) is 3.17. The van der Waals surface area contributed by atoms with Gasteiger partial charge in [0, 0.05) is 55.9 Å². The predicted molar refractivity (Wildman–Crippen MR) is 152 cm³/mol. The predicted octanol–water partition coefficient (Wildman–Crippen LogP) is 3.01. The van der Waals surface area contributed by atoms with E-state index in [9.17, 15) is 24.3 Å². The van der Waals surface area contributed by atoms with Gasteiger partial charge in [-0.2, -0.15) is 0 Å². The molecule has 2 saturated heterocycles. The highest BCUT2D eigenvalue weighted by Crippen LogP contribution is 2.30. The number of nitrogens with zero attached hydrogens (tertiary/aromatic N) is 5. The number of anilines is 1. The van der Waals surface area contributed by atoms with E-state index in [1.807, 2.05) is 18.2 Å². The quantitative estimate of drug-likeness (QED) is 0.328. The second kappa shape index (κ2) is 11.4. The molecule has 0 aliphatic carbocycles. The van der Waals surface area contributed by atoms with Crippen molar-refractivity contribution in [2.24, 2.45) is 5.92 Å². The number of thiazole rings is 1. The van der Waals surface area contributed by atoms with Crippen LogP contribution in [0.5, 0.6) is 0 Å². The number of carbonyl (C=O) groups is 3. The minimum Gasteiger partial charge on any atom is -0.477 e. The Morgan fingerprint density at radius 1 is 1.14 bits per heavy atom. The number of halogens is 1. The summed E-state index contributed by atoms with van der Waals surface area (Å²) in [4.78, 5) is 62.1. The SMILES string of the molecule is O=C(O)c1cn(-c2nccs2)c2nc(N3CC(C(=O)CCC4CN(C(=O)c5ccccc5)CCO4)C3)c(F)cc2c1=O. The van der Waals surface area contributed by atoms with Crippen molar-refractivity contribution in [2.45, 2.75) is 18.9 Å². The third-order valence-electron chi connectivity index (χ3n) is 7.56. The normalized spacial score (nSPS) is 17.3. The minimum absolute atomic E-state index is 0.0216. The Hall–Kier alpha value is -4.49. The van der Waals surface area contributed by atoms with Crippen molar-refractivity contribution in [3.8, 4) is 5.13 Å². The summed E-state index contributed by atoms with van der Waals surface area (Å²) in [6, 6.07) is 10.0. The highest BCUT2D eigenvalue weighted by Gasteiger charge is 2.36. The van der Waals surface area contributed by atoms with Crippen LogP contribution in [0.3, 0.4) is 0 Å². The molecule has 0 spiro atoms. The average molecular weight is 592 g/mol. The van der Waals surface area contributed by atoms with E-state index >= 15 is 4.39 Å². The maximum absolute atomic E-state index is 15.2. The molecule has 3 aromatic heterocycles. The molecule has 1 amide bonds. The van der Waals surface area contributed by atoms with Gasteiger partial charge in [-0.15, -0.1) is 11.3 Å². The van der Waals surface area contributed by atoms with Crippen LogP contribution in [0.4, 0.5) is 10.2 Å². The fourth-order valence-corrected chi connectivity index (χ4v) is 5.89. The van der Waals surface area contributed by atoms with Crippen molar-refractivity contribution in [1.29, 1.82) is 0 Å². The van der Waals surface area contributed by atoms with Gasteiger partial charge in [-0.05, 0) is 24.6 Å².